The lowest BCUT2D eigenvalue weighted by Gasteiger charge is -2.22. The molecule has 0 aromatic carbocycles. The summed E-state index contributed by atoms with van der Waals surface area (Å²) in [6.07, 6.45) is -1.37. The fourth-order valence-corrected chi connectivity index (χ4v) is 1.71. The van der Waals surface area contributed by atoms with Crippen molar-refractivity contribution in [1.29, 1.82) is 0 Å². The number of amides is 3. The van der Waals surface area contributed by atoms with E-state index in [0.717, 1.165) is 0 Å². The maximum absolute atomic E-state index is 12.2. The molecule has 0 saturated heterocycles. The van der Waals surface area contributed by atoms with Gasteiger partial charge in [0.2, 0.25) is 17.7 Å². The Hall–Kier alpha value is -2.73. The number of aliphatic carboxylic acids is 2. The summed E-state index contributed by atoms with van der Waals surface area (Å²) in [7, 11) is 0. The third-order valence-corrected chi connectivity index (χ3v) is 3.11. The summed E-state index contributed by atoms with van der Waals surface area (Å²) in [5.41, 5.74) is 10.3. The Bertz CT molecular complexity index is 524. The number of primary amides is 1. The van der Waals surface area contributed by atoms with Gasteiger partial charge in [-0.3, -0.25) is 19.2 Å². The second-order valence-electron chi connectivity index (χ2n) is 5.19. The number of nitrogens with one attached hydrogen (secondary N) is 2. The van der Waals surface area contributed by atoms with Gasteiger partial charge in [-0.2, -0.15) is 0 Å². The monoisotopic (exact) mass is 362 g/mol. The summed E-state index contributed by atoms with van der Waals surface area (Å²) in [6.45, 7) is -0.688. The van der Waals surface area contributed by atoms with E-state index in [-0.39, 0.29) is 19.3 Å². The largest absolute Gasteiger partial charge is 0.481 e. The first-order valence-corrected chi connectivity index (χ1v) is 7.28. The van der Waals surface area contributed by atoms with Crippen LogP contribution in [0.25, 0.3) is 0 Å². The summed E-state index contributed by atoms with van der Waals surface area (Å²) >= 11 is 0. The van der Waals surface area contributed by atoms with Crippen molar-refractivity contribution in [2.45, 2.75) is 43.8 Å². The van der Waals surface area contributed by atoms with Crippen LogP contribution in [0.1, 0.15) is 25.7 Å². The predicted octanol–water partition coefficient (Wildman–Crippen LogP) is -3.51. The van der Waals surface area contributed by atoms with Crippen LogP contribution < -0.4 is 22.1 Å². The molecule has 12 nitrogen and oxygen atoms in total. The van der Waals surface area contributed by atoms with Crippen molar-refractivity contribution in [1.82, 2.24) is 10.6 Å². The van der Waals surface area contributed by atoms with Crippen molar-refractivity contribution >= 4 is 29.7 Å². The highest BCUT2D eigenvalue weighted by Gasteiger charge is 2.28. The highest BCUT2D eigenvalue weighted by molar-refractivity contribution is 5.92. The van der Waals surface area contributed by atoms with Crippen LogP contribution >= 0.6 is 0 Å². The molecule has 9 N–H and O–H groups in total. The Morgan fingerprint density at radius 3 is 1.84 bits per heavy atom. The molecule has 0 radical (unpaired) electrons. The lowest BCUT2D eigenvalue weighted by molar-refractivity contribution is -0.143. The number of aliphatic hydroxyl groups excluding tert-OH is 1. The first kappa shape index (κ1) is 22.3. The number of nitrogens with two attached hydrogens (primary N) is 2. The fraction of sp³-hybridized carbons (Fsp3) is 0.615. The van der Waals surface area contributed by atoms with Gasteiger partial charge in [-0.15, -0.1) is 0 Å². The maximum atomic E-state index is 12.2. The summed E-state index contributed by atoms with van der Waals surface area (Å²) in [4.78, 5) is 56.3. The molecule has 142 valence electrons. The van der Waals surface area contributed by atoms with E-state index in [1.807, 2.05) is 0 Å². The quantitative estimate of drug-likeness (QED) is 0.182. The van der Waals surface area contributed by atoms with Gasteiger partial charge in [0, 0.05) is 12.8 Å². The minimum Gasteiger partial charge on any atom is -0.481 e. The molecule has 0 aliphatic rings. The standard InChI is InChI=1S/C13H22N4O8/c14-6(5-18)11(22)16-7(1-3-9(15)19)12(23)17-8(13(24)25)2-4-10(20)21/h6-8,18H,1-5,14H2,(H2,15,19)(H,16,22)(H,17,23)(H,20,21)(H,24,25)/t6-,7-,8-/m0/s1. The Kier molecular flexibility index (Phi) is 9.74. The van der Waals surface area contributed by atoms with E-state index in [9.17, 15) is 24.0 Å². The Morgan fingerprint density at radius 2 is 1.40 bits per heavy atom. The van der Waals surface area contributed by atoms with Crippen LogP contribution in [0, 0.1) is 0 Å². The molecule has 0 spiro atoms. The smallest absolute Gasteiger partial charge is 0.326 e. The number of hydrogen-bond donors (Lipinski definition) is 7. The van der Waals surface area contributed by atoms with Crippen molar-refractivity contribution in [3.05, 3.63) is 0 Å². The molecule has 0 unspecified atom stereocenters. The lowest BCUT2D eigenvalue weighted by Crippen LogP contribution is -2.55. The zero-order chi connectivity index (χ0) is 19.6. The maximum Gasteiger partial charge on any atom is 0.326 e. The molecule has 0 heterocycles. The van der Waals surface area contributed by atoms with E-state index in [2.05, 4.69) is 10.6 Å². The van der Waals surface area contributed by atoms with Gasteiger partial charge in [-0.1, -0.05) is 0 Å². The molecule has 12 heteroatoms. The molecule has 25 heavy (non-hydrogen) atoms. The third kappa shape index (κ3) is 9.22. The highest BCUT2D eigenvalue weighted by atomic mass is 16.4. The molecule has 0 rings (SSSR count). The van der Waals surface area contributed by atoms with Crippen LogP contribution in [-0.4, -0.2) is 69.7 Å². The number of carboxylic acid groups (broad SMARTS) is 2. The molecular formula is C13H22N4O8. The molecule has 0 aromatic heterocycles. The number of aliphatic hydroxyl groups is 1. The average molecular weight is 362 g/mol. The minimum absolute atomic E-state index is 0.226. The van der Waals surface area contributed by atoms with Crippen molar-refractivity contribution in [3.8, 4) is 0 Å². The van der Waals surface area contributed by atoms with Gasteiger partial charge in [-0.05, 0) is 12.8 Å². The second-order valence-corrected chi connectivity index (χ2v) is 5.19. The van der Waals surface area contributed by atoms with E-state index in [1.165, 1.54) is 0 Å². The SMILES string of the molecule is NC(=O)CC[C@H](NC(=O)[C@@H](N)CO)C(=O)N[C@@H](CCC(=O)O)C(=O)O. The molecule has 0 aromatic rings. The van der Waals surface area contributed by atoms with Crippen LogP contribution in [0.5, 0.6) is 0 Å². The van der Waals surface area contributed by atoms with Gasteiger partial charge in [-0.25, -0.2) is 4.79 Å². The molecule has 0 bridgehead atoms. The van der Waals surface area contributed by atoms with Crippen molar-refractivity contribution in [2.24, 2.45) is 11.5 Å². The molecule has 0 fully saturated rings. The van der Waals surface area contributed by atoms with Crippen LogP contribution in [0.15, 0.2) is 0 Å². The second kappa shape index (κ2) is 10.9. The van der Waals surface area contributed by atoms with E-state index in [0.29, 0.717) is 0 Å². The van der Waals surface area contributed by atoms with Gasteiger partial charge in [0.25, 0.3) is 0 Å². The first-order chi connectivity index (χ1) is 11.6. The topological polar surface area (TPSA) is 222 Å². The number of carbonyl (C=O) groups excluding carboxylic acids is 3. The summed E-state index contributed by atoms with van der Waals surface area (Å²) in [5, 5.41) is 30.7. The van der Waals surface area contributed by atoms with Gasteiger partial charge in [0.15, 0.2) is 0 Å². The minimum atomic E-state index is -1.50. The average Bonchev–Trinajstić information content (AvgIpc) is 2.53. The van der Waals surface area contributed by atoms with Crippen LogP contribution in [0.3, 0.4) is 0 Å². The molecule has 0 aliphatic carbocycles. The fourth-order valence-electron chi connectivity index (χ4n) is 1.71. The molecule has 3 atom stereocenters. The summed E-state index contributed by atoms with van der Waals surface area (Å²) in [6, 6.07) is -4.14. The van der Waals surface area contributed by atoms with Gasteiger partial charge in [0.05, 0.1) is 6.61 Å². The molecular weight excluding hydrogens is 340 g/mol. The Balaban J connectivity index is 5.02. The number of hydrogen-bond acceptors (Lipinski definition) is 7. The van der Waals surface area contributed by atoms with Crippen molar-refractivity contribution in [3.63, 3.8) is 0 Å². The van der Waals surface area contributed by atoms with E-state index in [4.69, 9.17) is 26.8 Å². The first-order valence-electron chi connectivity index (χ1n) is 7.28. The molecule has 0 aliphatic heterocycles. The van der Waals surface area contributed by atoms with Crippen LogP contribution in [-0.2, 0) is 24.0 Å². The van der Waals surface area contributed by atoms with Gasteiger partial charge < -0.3 is 37.4 Å². The zero-order valence-corrected chi connectivity index (χ0v) is 13.3. The predicted molar refractivity (Wildman–Crippen MR) is 81.9 cm³/mol. The van der Waals surface area contributed by atoms with E-state index in [1.54, 1.807) is 0 Å². The van der Waals surface area contributed by atoms with E-state index >= 15 is 0 Å². The zero-order valence-electron chi connectivity index (χ0n) is 13.3. The van der Waals surface area contributed by atoms with Crippen molar-refractivity contribution in [2.75, 3.05) is 6.61 Å². The Morgan fingerprint density at radius 1 is 0.880 bits per heavy atom. The number of rotatable bonds is 12. The van der Waals surface area contributed by atoms with Crippen LogP contribution in [0.2, 0.25) is 0 Å². The lowest BCUT2D eigenvalue weighted by atomic mass is 10.1. The summed E-state index contributed by atoms with van der Waals surface area (Å²) < 4.78 is 0. The Labute approximate surface area is 142 Å². The summed E-state index contributed by atoms with van der Waals surface area (Å²) in [5.74, 6) is -5.28. The van der Waals surface area contributed by atoms with Crippen LogP contribution in [0.4, 0.5) is 0 Å². The van der Waals surface area contributed by atoms with Crippen molar-refractivity contribution < 1.29 is 39.3 Å². The molecule has 3 amide bonds. The normalized spacial score (nSPS) is 14.0. The molecule has 0 saturated carbocycles. The van der Waals surface area contributed by atoms with E-state index < -0.39 is 60.8 Å². The third-order valence-electron chi connectivity index (χ3n) is 3.11. The van der Waals surface area contributed by atoms with Gasteiger partial charge >= 0.3 is 11.9 Å². The highest BCUT2D eigenvalue weighted by Crippen LogP contribution is 2.03. The van der Waals surface area contributed by atoms with Gasteiger partial charge in [0.1, 0.15) is 18.1 Å². The number of carbonyl (C=O) groups is 5. The number of carboxylic acids is 2.